The number of nitrogens with zero attached hydrogens (tertiary/aromatic N) is 2. The van der Waals surface area contributed by atoms with E-state index in [-0.39, 0.29) is 18.6 Å². The maximum absolute atomic E-state index is 12.2. The number of carbonyl (C=O) groups excluding carboxylic acids is 1. The van der Waals surface area contributed by atoms with Crippen molar-refractivity contribution in [2.45, 2.75) is 26.8 Å². The Morgan fingerprint density at radius 1 is 1.32 bits per heavy atom. The number of benzene rings is 1. The first-order valence-corrected chi connectivity index (χ1v) is 9.04. The van der Waals surface area contributed by atoms with Gasteiger partial charge in [-0.3, -0.25) is 4.79 Å². The van der Waals surface area contributed by atoms with Crippen LogP contribution >= 0.6 is 22.9 Å². The van der Waals surface area contributed by atoms with Crippen LogP contribution in [0.3, 0.4) is 0 Å². The molecule has 3 rings (SSSR count). The predicted molar refractivity (Wildman–Crippen MR) is 100 cm³/mol. The molecule has 2 aromatic heterocycles. The molecule has 130 valence electrons. The molecular formula is C18H18ClN3O2S. The standard InChI is InChI=1S/C18H18ClN3O2S/c1-10-12(3)25-18-16(10)17(20-9-21-18)24-8-15(23)22-11(2)13-6-4-5-7-14(13)19/h4-7,9,11H,8H2,1-3H3,(H,22,23)/t11-/m1/s1. The zero-order valence-electron chi connectivity index (χ0n) is 14.2. The lowest BCUT2D eigenvalue weighted by molar-refractivity contribution is -0.123. The van der Waals surface area contributed by atoms with Crippen LogP contribution in [0.2, 0.25) is 5.02 Å². The van der Waals surface area contributed by atoms with Crippen molar-refractivity contribution in [1.82, 2.24) is 15.3 Å². The first-order valence-electron chi connectivity index (χ1n) is 7.84. The Labute approximate surface area is 155 Å². The van der Waals surface area contributed by atoms with E-state index >= 15 is 0 Å². The second-order valence-corrected chi connectivity index (χ2v) is 7.35. The Morgan fingerprint density at radius 2 is 2.08 bits per heavy atom. The minimum Gasteiger partial charge on any atom is -0.467 e. The monoisotopic (exact) mass is 375 g/mol. The summed E-state index contributed by atoms with van der Waals surface area (Å²) >= 11 is 7.75. The summed E-state index contributed by atoms with van der Waals surface area (Å²) in [4.78, 5) is 22.7. The number of hydrogen-bond donors (Lipinski definition) is 1. The second-order valence-electron chi connectivity index (χ2n) is 5.74. The molecule has 1 N–H and O–H groups in total. The van der Waals surface area contributed by atoms with Crippen LogP contribution in [0.25, 0.3) is 10.2 Å². The van der Waals surface area contributed by atoms with Crippen molar-refractivity contribution in [2.75, 3.05) is 6.61 Å². The van der Waals surface area contributed by atoms with E-state index in [0.717, 1.165) is 26.2 Å². The number of ether oxygens (including phenoxy) is 1. The van der Waals surface area contributed by atoms with Gasteiger partial charge in [-0.1, -0.05) is 29.8 Å². The van der Waals surface area contributed by atoms with Crippen molar-refractivity contribution in [2.24, 2.45) is 0 Å². The van der Waals surface area contributed by atoms with Crippen LogP contribution in [0.5, 0.6) is 5.88 Å². The van der Waals surface area contributed by atoms with E-state index < -0.39 is 0 Å². The Bertz CT molecular complexity index is 926. The van der Waals surface area contributed by atoms with E-state index in [0.29, 0.717) is 10.9 Å². The second kappa shape index (κ2) is 7.37. The van der Waals surface area contributed by atoms with Crippen molar-refractivity contribution in [3.8, 4) is 5.88 Å². The van der Waals surface area contributed by atoms with Gasteiger partial charge in [0.15, 0.2) is 6.61 Å². The Kier molecular flexibility index (Phi) is 5.20. The van der Waals surface area contributed by atoms with Gasteiger partial charge < -0.3 is 10.1 Å². The summed E-state index contributed by atoms with van der Waals surface area (Å²) in [5, 5.41) is 4.38. The largest absolute Gasteiger partial charge is 0.467 e. The normalized spacial score (nSPS) is 12.2. The average Bonchev–Trinajstić information content (AvgIpc) is 2.88. The number of hydrogen-bond acceptors (Lipinski definition) is 5. The molecule has 25 heavy (non-hydrogen) atoms. The predicted octanol–water partition coefficient (Wildman–Crippen LogP) is 4.22. The molecule has 1 atom stereocenters. The fourth-order valence-electron chi connectivity index (χ4n) is 2.58. The smallest absolute Gasteiger partial charge is 0.258 e. The molecule has 0 aliphatic carbocycles. The maximum Gasteiger partial charge on any atom is 0.258 e. The molecular weight excluding hydrogens is 358 g/mol. The van der Waals surface area contributed by atoms with Crippen LogP contribution in [0.1, 0.15) is 29.0 Å². The van der Waals surface area contributed by atoms with Gasteiger partial charge in [-0.05, 0) is 38.0 Å². The van der Waals surface area contributed by atoms with Crippen molar-refractivity contribution >= 4 is 39.1 Å². The molecule has 5 nitrogen and oxygen atoms in total. The van der Waals surface area contributed by atoms with E-state index in [1.165, 1.54) is 6.33 Å². The van der Waals surface area contributed by atoms with E-state index in [1.807, 2.05) is 39.0 Å². The first-order chi connectivity index (χ1) is 12.0. The molecule has 0 unspecified atom stereocenters. The van der Waals surface area contributed by atoms with Crippen molar-refractivity contribution in [3.63, 3.8) is 0 Å². The molecule has 1 aromatic carbocycles. The number of aromatic nitrogens is 2. The summed E-state index contributed by atoms with van der Waals surface area (Å²) in [5.74, 6) is 0.205. The molecule has 0 saturated heterocycles. The van der Waals surface area contributed by atoms with Gasteiger partial charge in [0.2, 0.25) is 5.88 Å². The average molecular weight is 376 g/mol. The molecule has 0 aliphatic rings. The highest BCUT2D eigenvalue weighted by Gasteiger charge is 2.16. The number of fused-ring (bicyclic) bond motifs is 1. The van der Waals surface area contributed by atoms with Crippen LogP contribution < -0.4 is 10.1 Å². The Morgan fingerprint density at radius 3 is 2.84 bits per heavy atom. The summed E-state index contributed by atoms with van der Waals surface area (Å²) in [5.41, 5.74) is 1.95. The van der Waals surface area contributed by atoms with Gasteiger partial charge in [-0.25, -0.2) is 9.97 Å². The van der Waals surface area contributed by atoms with Crippen molar-refractivity contribution < 1.29 is 9.53 Å². The molecule has 0 radical (unpaired) electrons. The number of halogens is 1. The van der Waals surface area contributed by atoms with Gasteiger partial charge in [-0.15, -0.1) is 11.3 Å². The molecule has 3 aromatic rings. The minimum atomic E-state index is -0.233. The SMILES string of the molecule is Cc1sc2ncnc(OCC(=O)N[C@H](C)c3ccccc3Cl)c2c1C. The van der Waals surface area contributed by atoms with Crippen molar-refractivity contribution in [3.05, 3.63) is 51.6 Å². The Balaban J connectivity index is 1.68. The zero-order chi connectivity index (χ0) is 18.0. The fraction of sp³-hybridized carbons (Fsp3) is 0.278. The number of rotatable bonds is 5. The summed E-state index contributed by atoms with van der Waals surface area (Å²) in [6.07, 6.45) is 1.46. The van der Waals surface area contributed by atoms with Crippen LogP contribution in [-0.2, 0) is 4.79 Å². The summed E-state index contributed by atoms with van der Waals surface area (Å²) in [7, 11) is 0. The maximum atomic E-state index is 12.2. The summed E-state index contributed by atoms with van der Waals surface area (Å²) < 4.78 is 5.65. The van der Waals surface area contributed by atoms with Gasteiger partial charge >= 0.3 is 0 Å². The fourth-order valence-corrected chi connectivity index (χ4v) is 3.87. The molecule has 0 fully saturated rings. The molecule has 1 amide bonds. The summed E-state index contributed by atoms with van der Waals surface area (Å²) in [6.45, 7) is 5.80. The lowest BCUT2D eigenvalue weighted by Gasteiger charge is -2.16. The van der Waals surface area contributed by atoms with Gasteiger partial charge in [0.1, 0.15) is 11.2 Å². The van der Waals surface area contributed by atoms with Crippen molar-refractivity contribution in [1.29, 1.82) is 0 Å². The van der Waals surface area contributed by atoms with Gasteiger partial charge in [0.25, 0.3) is 5.91 Å². The van der Waals surface area contributed by atoms with E-state index in [1.54, 1.807) is 17.4 Å². The van der Waals surface area contributed by atoms with Gasteiger partial charge in [0.05, 0.1) is 11.4 Å². The highest BCUT2D eigenvalue weighted by molar-refractivity contribution is 7.18. The van der Waals surface area contributed by atoms with E-state index in [9.17, 15) is 4.79 Å². The molecule has 0 saturated carbocycles. The summed E-state index contributed by atoms with van der Waals surface area (Å²) in [6, 6.07) is 7.23. The molecule has 2 heterocycles. The highest BCUT2D eigenvalue weighted by Crippen LogP contribution is 2.33. The third kappa shape index (κ3) is 3.75. The van der Waals surface area contributed by atoms with Gasteiger partial charge in [-0.2, -0.15) is 0 Å². The van der Waals surface area contributed by atoms with Crippen LogP contribution in [0, 0.1) is 13.8 Å². The lowest BCUT2D eigenvalue weighted by atomic mass is 10.1. The van der Waals surface area contributed by atoms with Crippen LogP contribution in [0.15, 0.2) is 30.6 Å². The number of aryl methyl sites for hydroxylation is 2. The van der Waals surface area contributed by atoms with Crippen LogP contribution in [0.4, 0.5) is 0 Å². The van der Waals surface area contributed by atoms with E-state index in [4.69, 9.17) is 16.3 Å². The van der Waals surface area contributed by atoms with Gasteiger partial charge in [0, 0.05) is 9.90 Å². The molecule has 7 heteroatoms. The zero-order valence-corrected chi connectivity index (χ0v) is 15.7. The number of thiophene rings is 1. The lowest BCUT2D eigenvalue weighted by Crippen LogP contribution is -2.31. The third-order valence-corrected chi connectivity index (χ3v) is 5.48. The molecule has 0 aliphatic heterocycles. The number of amides is 1. The number of nitrogens with one attached hydrogen (secondary N) is 1. The molecule has 0 spiro atoms. The minimum absolute atomic E-state index is 0.116. The van der Waals surface area contributed by atoms with E-state index in [2.05, 4.69) is 15.3 Å². The molecule has 0 bridgehead atoms. The highest BCUT2D eigenvalue weighted by atomic mass is 35.5. The third-order valence-electron chi connectivity index (χ3n) is 4.02. The topological polar surface area (TPSA) is 64.1 Å². The first kappa shape index (κ1) is 17.6. The Hall–Kier alpha value is -2.18. The number of carbonyl (C=O) groups is 1. The van der Waals surface area contributed by atoms with Crippen LogP contribution in [-0.4, -0.2) is 22.5 Å². The quantitative estimate of drug-likeness (QED) is 0.725.